The predicted octanol–water partition coefficient (Wildman–Crippen LogP) is 0.968. The van der Waals surface area contributed by atoms with Crippen molar-refractivity contribution < 1.29 is 4.79 Å². The number of hydrogen-bond donors (Lipinski definition) is 0. The second kappa shape index (κ2) is 4.85. The molecule has 0 amide bonds. The van der Waals surface area contributed by atoms with Crippen molar-refractivity contribution in [2.24, 2.45) is 14.1 Å². The summed E-state index contributed by atoms with van der Waals surface area (Å²) < 4.78 is 2.08. The smallest absolute Gasteiger partial charge is 0.303 e. The molecule has 0 radical (unpaired) electrons. The molecule has 0 saturated carbocycles. The lowest BCUT2D eigenvalue weighted by atomic mass is 10.1. The number of halogens is 1. The summed E-state index contributed by atoms with van der Waals surface area (Å²) in [5.74, 6) is -0.498. The second-order valence-electron chi connectivity index (χ2n) is 4.11. The topological polar surface area (TPSA) is 61.1 Å². The van der Waals surface area contributed by atoms with Gasteiger partial charge in [-0.2, -0.15) is 0 Å². The van der Waals surface area contributed by atoms with E-state index in [0.29, 0.717) is 0 Å². The highest BCUT2D eigenvalue weighted by molar-refractivity contribution is 6.34. The third kappa shape index (κ3) is 2.24. The third-order valence-electron chi connectivity index (χ3n) is 2.81. The van der Waals surface area contributed by atoms with Crippen molar-refractivity contribution in [3.05, 3.63) is 67.4 Å². The van der Waals surface area contributed by atoms with E-state index < -0.39 is 17.0 Å². The third-order valence-corrected chi connectivity index (χ3v) is 3.14. The summed E-state index contributed by atoms with van der Waals surface area (Å²) in [7, 11) is 2.80. The summed E-state index contributed by atoms with van der Waals surface area (Å²) >= 11 is 5.93. The molecule has 0 saturated heterocycles. The van der Waals surface area contributed by atoms with Gasteiger partial charge < -0.3 is 4.57 Å². The van der Waals surface area contributed by atoms with E-state index in [0.717, 1.165) is 4.57 Å². The number of rotatable bonds is 2. The van der Waals surface area contributed by atoms with Crippen molar-refractivity contribution in [2.45, 2.75) is 0 Å². The van der Waals surface area contributed by atoms with Crippen molar-refractivity contribution >= 4 is 17.4 Å². The van der Waals surface area contributed by atoms with E-state index in [1.807, 2.05) is 0 Å². The Morgan fingerprint density at radius 2 is 1.74 bits per heavy atom. The van der Waals surface area contributed by atoms with Crippen LogP contribution in [0.1, 0.15) is 15.9 Å². The largest absolute Gasteiger partial charge is 0.330 e. The highest BCUT2D eigenvalue weighted by atomic mass is 35.5. The SMILES string of the molecule is Cn1cc(C(=O)c2ccccc2Cl)c(=O)n(C)c1=O. The van der Waals surface area contributed by atoms with Gasteiger partial charge in [-0.25, -0.2) is 4.79 Å². The Hall–Kier alpha value is -2.14. The van der Waals surface area contributed by atoms with Gasteiger partial charge in [0.1, 0.15) is 5.56 Å². The van der Waals surface area contributed by atoms with E-state index >= 15 is 0 Å². The number of aromatic nitrogens is 2. The van der Waals surface area contributed by atoms with Crippen molar-refractivity contribution in [3.63, 3.8) is 0 Å². The minimum absolute atomic E-state index is 0.0855. The maximum Gasteiger partial charge on any atom is 0.330 e. The number of carbonyl (C=O) groups excluding carboxylic acids is 1. The molecule has 0 atom stereocenters. The molecule has 0 unspecified atom stereocenters. The van der Waals surface area contributed by atoms with E-state index in [1.54, 1.807) is 18.2 Å². The monoisotopic (exact) mass is 278 g/mol. The van der Waals surface area contributed by atoms with E-state index in [1.165, 1.54) is 30.9 Å². The van der Waals surface area contributed by atoms with Crippen LogP contribution in [0.4, 0.5) is 0 Å². The van der Waals surface area contributed by atoms with Crippen LogP contribution in [0.3, 0.4) is 0 Å². The molecule has 1 aromatic carbocycles. The maximum absolute atomic E-state index is 12.3. The van der Waals surface area contributed by atoms with Crippen molar-refractivity contribution in [2.75, 3.05) is 0 Å². The molecule has 6 heteroatoms. The summed E-state index contributed by atoms with van der Waals surface area (Å²) in [4.78, 5) is 35.8. The molecule has 0 fully saturated rings. The van der Waals surface area contributed by atoms with Gasteiger partial charge in [-0.15, -0.1) is 0 Å². The van der Waals surface area contributed by atoms with Crippen molar-refractivity contribution in [1.82, 2.24) is 9.13 Å². The van der Waals surface area contributed by atoms with E-state index in [2.05, 4.69) is 0 Å². The molecule has 2 rings (SSSR count). The van der Waals surface area contributed by atoms with Gasteiger partial charge in [-0.3, -0.25) is 14.2 Å². The van der Waals surface area contributed by atoms with Crippen LogP contribution in [-0.4, -0.2) is 14.9 Å². The number of ketones is 1. The number of aryl methyl sites for hydroxylation is 1. The quantitative estimate of drug-likeness (QED) is 0.769. The van der Waals surface area contributed by atoms with Gasteiger partial charge in [-0.05, 0) is 12.1 Å². The molecule has 0 bridgehead atoms. The molecule has 1 heterocycles. The summed E-state index contributed by atoms with van der Waals surface area (Å²) in [6.45, 7) is 0. The van der Waals surface area contributed by atoms with E-state index in [9.17, 15) is 14.4 Å². The average Bonchev–Trinajstić information content (AvgIpc) is 2.40. The molecule has 1 aromatic heterocycles. The normalized spacial score (nSPS) is 10.5. The number of nitrogens with zero attached hydrogens (tertiary/aromatic N) is 2. The molecule has 5 nitrogen and oxygen atoms in total. The Morgan fingerprint density at radius 1 is 1.11 bits per heavy atom. The zero-order valence-corrected chi connectivity index (χ0v) is 11.1. The fraction of sp³-hybridized carbons (Fsp3) is 0.154. The lowest BCUT2D eigenvalue weighted by Gasteiger charge is -2.07. The molecule has 0 aliphatic rings. The zero-order chi connectivity index (χ0) is 14.2. The highest BCUT2D eigenvalue weighted by Gasteiger charge is 2.18. The van der Waals surface area contributed by atoms with Gasteiger partial charge in [0.2, 0.25) is 5.78 Å². The van der Waals surface area contributed by atoms with Crippen LogP contribution in [0.2, 0.25) is 5.02 Å². The lowest BCUT2D eigenvalue weighted by Crippen LogP contribution is -2.39. The Labute approximate surface area is 113 Å². The van der Waals surface area contributed by atoms with Crippen LogP contribution in [0.15, 0.2) is 40.1 Å². The molecule has 0 aliphatic carbocycles. The minimum Gasteiger partial charge on any atom is -0.303 e. The van der Waals surface area contributed by atoms with Crippen LogP contribution in [-0.2, 0) is 14.1 Å². The molecule has 0 aliphatic heterocycles. The first-order chi connectivity index (χ1) is 8.93. The molecular weight excluding hydrogens is 268 g/mol. The fourth-order valence-corrected chi connectivity index (χ4v) is 1.98. The van der Waals surface area contributed by atoms with Crippen LogP contribution >= 0.6 is 11.6 Å². The molecule has 0 spiro atoms. The number of benzene rings is 1. The van der Waals surface area contributed by atoms with Gasteiger partial charge in [0.05, 0.1) is 5.02 Å². The van der Waals surface area contributed by atoms with Gasteiger partial charge in [0, 0.05) is 25.9 Å². The van der Waals surface area contributed by atoms with Gasteiger partial charge >= 0.3 is 5.69 Å². The lowest BCUT2D eigenvalue weighted by molar-refractivity contribution is 0.103. The van der Waals surface area contributed by atoms with Gasteiger partial charge in [0.25, 0.3) is 5.56 Å². The standard InChI is InChI=1S/C13H11ClN2O3/c1-15-7-9(12(18)16(2)13(15)19)11(17)8-5-3-4-6-10(8)14/h3-7H,1-2H3. The van der Waals surface area contributed by atoms with E-state index in [-0.39, 0.29) is 16.1 Å². The Kier molecular flexibility index (Phi) is 3.40. The molecular formula is C13H11ClN2O3. The van der Waals surface area contributed by atoms with E-state index in [4.69, 9.17) is 11.6 Å². The maximum atomic E-state index is 12.3. The Bertz CT molecular complexity index is 774. The predicted molar refractivity (Wildman–Crippen MR) is 71.8 cm³/mol. The fourth-order valence-electron chi connectivity index (χ4n) is 1.75. The molecule has 19 heavy (non-hydrogen) atoms. The van der Waals surface area contributed by atoms with Gasteiger partial charge in [0.15, 0.2) is 0 Å². The Morgan fingerprint density at radius 3 is 2.37 bits per heavy atom. The number of carbonyl (C=O) groups is 1. The molecule has 2 aromatic rings. The van der Waals surface area contributed by atoms with Crippen LogP contribution in [0.5, 0.6) is 0 Å². The van der Waals surface area contributed by atoms with Crippen molar-refractivity contribution in [3.8, 4) is 0 Å². The van der Waals surface area contributed by atoms with Crippen LogP contribution in [0, 0.1) is 0 Å². The summed E-state index contributed by atoms with van der Waals surface area (Å²) in [5.41, 5.74) is -0.966. The first-order valence-corrected chi connectivity index (χ1v) is 5.87. The second-order valence-corrected chi connectivity index (χ2v) is 4.52. The highest BCUT2D eigenvalue weighted by Crippen LogP contribution is 2.17. The molecule has 0 N–H and O–H groups in total. The van der Waals surface area contributed by atoms with Crippen LogP contribution in [0.25, 0.3) is 0 Å². The molecule has 98 valence electrons. The first-order valence-electron chi connectivity index (χ1n) is 5.49. The Balaban J connectivity index is 2.68. The number of hydrogen-bond acceptors (Lipinski definition) is 3. The van der Waals surface area contributed by atoms with Crippen LogP contribution < -0.4 is 11.2 Å². The van der Waals surface area contributed by atoms with Gasteiger partial charge in [-0.1, -0.05) is 23.7 Å². The summed E-state index contributed by atoms with van der Waals surface area (Å²) in [6.07, 6.45) is 1.23. The average molecular weight is 279 g/mol. The minimum atomic E-state index is -0.631. The summed E-state index contributed by atoms with van der Waals surface area (Å²) in [5, 5.41) is 0.267. The first kappa shape index (κ1) is 13.3. The summed E-state index contributed by atoms with van der Waals surface area (Å²) in [6, 6.07) is 6.46. The van der Waals surface area contributed by atoms with Crippen molar-refractivity contribution in [1.29, 1.82) is 0 Å². The zero-order valence-electron chi connectivity index (χ0n) is 10.4.